The van der Waals surface area contributed by atoms with Crippen LogP contribution >= 0.6 is 0 Å². The average Bonchev–Trinajstić information content (AvgIpc) is 2.87. The van der Waals surface area contributed by atoms with Crippen molar-refractivity contribution in [1.29, 1.82) is 0 Å². The molecule has 5 nitrogen and oxygen atoms in total. The second-order valence-electron chi connectivity index (χ2n) is 5.46. The summed E-state index contributed by atoms with van der Waals surface area (Å²) in [5.74, 6) is -0.519. The number of carbonyl (C=O) groups is 2. The molecular weight excluding hydrogens is 268 g/mol. The van der Waals surface area contributed by atoms with Gasteiger partial charge in [0.2, 0.25) is 5.91 Å². The Kier molecular flexibility index (Phi) is 5.33. The highest BCUT2D eigenvalue weighted by atomic mass is 16.4. The molecule has 0 saturated carbocycles. The van der Waals surface area contributed by atoms with Gasteiger partial charge >= 0.3 is 5.97 Å². The van der Waals surface area contributed by atoms with Crippen LogP contribution in [0, 0.1) is 5.92 Å². The molecule has 1 saturated heterocycles. The Morgan fingerprint density at radius 1 is 1.33 bits per heavy atom. The maximum absolute atomic E-state index is 12.4. The summed E-state index contributed by atoms with van der Waals surface area (Å²) in [6, 6.07) is 9.63. The van der Waals surface area contributed by atoms with Gasteiger partial charge in [-0.3, -0.25) is 14.5 Å². The van der Waals surface area contributed by atoms with Crippen LogP contribution in [0.1, 0.15) is 19.8 Å². The van der Waals surface area contributed by atoms with E-state index in [1.807, 2.05) is 37.3 Å². The van der Waals surface area contributed by atoms with Crippen LogP contribution in [0.5, 0.6) is 0 Å². The van der Waals surface area contributed by atoms with Gasteiger partial charge in [0.15, 0.2) is 0 Å². The molecule has 1 heterocycles. The van der Waals surface area contributed by atoms with E-state index in [0.29, 0.717) is 19.6 Å². The molecular formula is C16H22N2O3. The van der Waals surface area contributed by atoms with Crippen LogP contribution in [-0.2, 0) is 9.59 Å². The number of amides is 1. The fourth-order valence-electron chi connectivity index (χ4n) is 2.86. The Hall–Kier alpha value is -1.88. The van der Waals surface area contributed by atoms with Crippen LogP contribution < -0.4 is 4.90 Å². The van der Waals surface area contributed by atoms with Gasteiger partial charge in [0.05, 0.1) is 6.54 Å². The molecule has 1 atom stereocenters. The number of carboxylic acid groups (broad SMARTS) is 1. The van der Waals surface area contributed by atoms with E-state index in [-0.39, 0.29) is 18.2 Å². The standard InChI is InChI=1S/C16H22N2O3/c1-2-18(14-6-4-3-5-7-14)15(19)12-17-9-8-13(11-17)10-16(20)21/h3-7,13H,2,8-12H2,1H3,(H,20,21). The highest BCUT2D eigenvalue weighted by molar-refractivity contribution is 5.94. The van der Waals surface area contributed by atoms with E-state index < -0.39 is 5.97 Å². The van der Waals surface area contributed by atoms with Gasteiger partial charge in [0.1, 0.15) is 0 Å². The minimum Gasteiger partial charge on any atom is -0.481 e. The second kappa shape index (κ2) is 7.22. The number of likely N-dealkylation sites (tertiary alicyclic amines) is 1. The van der Waals surface area contributed by atoms with Gasteiger partial charge in [-0.05, 0) is 37.9 Å². The Morgan fingerprint density at radius 3 is 2.67 bits per heavy atom. The molecule has 1 N–H and O–H groups in total. The van der Waals surface area contributed by atoms with Crippen LogP contribution in [0.15, 0.2) is 30.3 Å². The summed E-state index contributed by atoms with van der Waals surface area (Å²) in [4.78, 5) is 27.0. The third-order valence-corrected chi connectivity index (χ3v) is 3.88. The van der Waals surface area contributed by atoms with Crippen LogP contribution in [0.4, 0.5) is 5.69 Å². The smallest absolute Gasteiger partial charge is 0.303 e. The Balaban J connectivity index is 1.90. The van der Waals surface area contributed by atoms with E-state index in [9.17, 15) is 9.59 Å². The number of hydrogen-bond donors (Lipinski definition) is 1. The van der Waals surface area contributed by atoms with Crippen molar-refractivity contribution in [3.8, 4) is 0 Å². The first kappa shape index (κ1) is 15.5. The molecule has 21 heavy (non-hydrogen) atoms. The SMILES string of the molecule is CCN(C(=O)CN1CCC(CC(=O)O)C1)c1ccccc1. The van der Waals surface area contributed by atoms with Gasteiger partial charge < -0.3 is 10.0 Å². The Bertz CT molecular complexity index is 490. The molecule has 0 aliphatic carbocycles. The molecule has 0 bridgehead atoms. The summed E-state index contributed by atoms with van der Waals surface area (Å²) >= 11 is 0. The molecule has 1 aliphatic rings. The van der Waals surface area contributed by atoms with Gasteiger partial charge in [0, 0.05) is 25.2 Å². The van der Waals surface area contributed by atoms with Crippen molar-refractivity contribution < 1.29 is 14.7 Å². The summed E-state index contributed by atoms with van der Waals surface area (Å²) in [6.45, 7) is 4.45. The molecule has 0 aromatic heterocycles. The second-order valence-corrected chi connectivity index (χ2v) is 5.46. The van der Waals surface area contributed by atoms with E-state index in [1.165, 1.54) is 0 Å². The Morgan fingerprint density at radius 2 is 2.05 bits per heavy atom. The zero-order chi connectivity index (χ0) is 15.2. The molecule has 1 aromatic carbocycles. The predicted molar refractivity (Wildman–Crippen MR) is 81.3 cm³/mol. The van der Waals surface area contributed by atoms with E-state index >= 15 is 0 Å². The number of para-hydroxylation sites is 1. The fraction of sp³-hybridized carbons (Fsp3) is 0.500. The zero-order valence-electron chi connectivity index (χ0n) is 12.4. The van der Waals surface area contributed by atoms with E-state index in [4.69, 9.17) is 5.11 Å². The van der Waals surface area contributed by atoms with Crippen LogP contribution in [-0.4, -0.2) is 48.1 Å². The fourth-order valence-corrected chi connectivity index (χ4v) is 2.86. The lowest BCUT2D eigenvalue weighted by Gasteiger charge is -2.24. The largest absolute Gasteiger partial charge is 0.481 e. The lowest BCUT2D eigenvalue weighted by molar-refractivity contribution is -0.138. The summed E-state index contributed by atoms with van der Waals surface area (Å²) in [5.41, 5.74) is 0.909. The lowest BCUT2D eigenvalue weighted by atomic mass is 10.1. The number of rotatable bonds is 6. The number of aliphatic carboxylic acids is 1. The molecule has 1 aliphatic heterocycles. The van der Waals surface area contributed by atoms with E-state index in [1.54, 1.807) is 4.90 Å². The van der Waals surface area contributed by atoms with Crippen LogP contribution in [0.2, 0.25) is 0 Å². The summed E-state index contributed by atoms with van der Waals surface area (Å²) < 4.78 is 0. The normalized spacial score (nSPS) is 18.6. The molecule has 1 fully saturated rings. The molecule has 0 radical (unpaired) electrons. The Labute approximate surface area is 125 Å². The molecule has 114 valence electrons. The minimum atomic E-state index is -0.757. The molecule has 1 unspecified atom stereocenters. The number of nitrogens with zero attached hydrogens (tertiary/aromatic N) is 2. The number of hydrogen-bond acceptors (Lipinski definition) is 3. The molecule has 0 spiro atoms. The van der Waals surface area contributed by atoms with Crippen molar-refractivity contribution in [2.24, 2.45) is 5.92 Å². The maximum atomic E-state index is 12.4. The minimum absolute atomic E-state index is 0.0691. The molecule has 1 amide bonds. The van der Waals surface area contributed by atoms with Crippen molar-refractivity contribution in [3.05, 3.63) is 30.3 Å². The monoisotopic (exact) mass is 290 g/mol. The predicted octanol–water partition coefficient (Wildman–Crippen LogP) is 1.84. The first-order valence-corrected chi connectivity index (χ1v) is 7.39. The highest BCUT2D eigenvalue weighted by Gasteiger charge is 2.27. The van der Waals surface area contributed by atoms with Crippen molar-refractivity contribution >= 4 is 17.6 Å². The quantitative estimate of drug-likeness (QED) is 0.868. The maximum Gasteiger partial charge on any atom is 0.303 e. The lowest BCUT2D eigenvalue weighted by Crippen LogP contribution is -2.39. The molecule has 2 rings (SSSR count). The third kappa shape index (κ3) is 4.29. The highest BCUT2D eigenvalue weighted by Crippen LogP contribution is 2.20. The van der Waals surface area contributed by atoms with E-state index in [2.05, 4.69) is 4.90 Å². The first-order valence-electron chi connectivity index (χ1n) is 7.39. The van der Waals surface area contributed by atoms with Crippen molar-refractivity contribution in [2.45, 2.75) is 19.8 Å². The number of carbonyl (C=O) groups excluding carboxylic acids is 1. The van der Waals surface area contributed by atoms with E-state index in [0.717, 1.165) is 18.7 Å². The topological polar surface area (TPSA) is 60.9 Å². The van der Waals surface area contributed by atoms with Gasteiger partial charge in [-0.1, -0.05) is 18.2 Å². The van der Waals surface area contributed by atoms with Crippen LogP contribution in [0.25, 0.3) is 0 Å². The van der Waals surface area contributed by atoms with Gasteiger partial charge in [-0.25, -0.2) is 0 Å². The summed E-state index contributed by atoms with van der Waals surface area (Å²) in [5, 5.41) is 8.82. The zero-order valence-corrected chi connectivity index (χ0v) is 12.4. The van der Waals surface area contributed by atoms with Gasteiger partial charge in [-0.2, -0.15) is 0 Å². The number of benzene rings is 1. The van der Waals surface area contributed by atoms with Crippen molar-refractivity contribution in [1.82, 2.24) is 4.90 Å². The van der Waals surface area contributed by atoms with Gasteiger partial charge in [-0.15, -0.1) is 0 Å². The number of likely N-dealkylation sites (N-methyl/N-ethyl adjacent to an activating group) is 1. The van der Waals surface area contributed by atoms with Crippen molar-refractivity contribution in [3.63, 3.8) is 0 Å². The molecule has 5 heteroatoms. The van der Waals surface area contributed by atoms with Gasteiger partial charge in [0.25, 0.3) is 0 Å². The number of anilines is 1. The average molecular weight is 290 g/mol. The summed E-state index contributed by atoms with van der Waals surface area (Å²) in [7, 11) is 0. The van der Waals surface area contributed by atoms with Crippen LogP contribution in [0.3, 0.4) is 0 Å². The van der Waals surface area contributed by atoms with Crippen molar-refractivity contribution in [2.75, 3.05) is 31.1 Å². The summed E-state index contributed by atoms with van der Waals surface area (Å²) in [6.07, 6.45) is 1.05. The molecule has 1 aromatic rings. The number of carboxylic acids is 1. The third-order valence-electron chi connectivity index (χ3n) is 3.88. The first-order chi connectivity index (χ1) is 10.1.